The zero-order valence-corrected chi connectivity index (χ0v) is 13.9. The molecule has 0 aliphatic carbocycles. The minimum atomic E-state index is -0.409. The SMILES string of the molecule is O[C@H](CN1CCCN(Cc2ccc(F)cc2)CC1)Cn1cccn1. The molecule has 1 fully saturated rings. The summed E-state index contributed by atoms with van der Waals surface area (Å²) in [6.07, 6.45) is 4.27. The van der Waals surface area contributed by atoms with Crippen molar-refractivity contribution < 1.29 is 9.50 Å². The van der Waals surface area contributed by atoms with Crippen LogP contribution >= 0.6 is 0 Å². The molecule has 1 aliphatic rings. The van der Waals surface area contributed by atoms with E-state index in [2.05, 4.69) is 14.9 Å². The molecule has 2 heterocycles. The third-order valence-electron chi connectivity index (χ3n) is 4.43. The predicted octanol–water partition coefficient (Wildman–Crippen LogP) is 1.59. The second-order valence-corrected chi connectivity index (χ2v) is 6.44. The summed E-state index contributed by atoms with van der Waals surface area (Å²) in [6, 6.07) is 8.61. The van der Waals surface area contributed by atoms with Crippen molar-refractivity contribution >= 4 is 0 Å². The van der Waals surface area contributed by atoms with E-state index in [-0.39, 0.29) is 5.82 Å². The Morgan fingerprint density at radius 3 is 2.54 bits per heavy atom. The molecule has 5 nitrogen and oxygen atoms in total. The predicted molar refractivity (Wildman–Crippen MR) is 91.0 cm³/mol. The zero-order valence-electron chi connectivity index (χ0n) is 13.9. The van der Waals surface area contributed by atoms with Gasteiger partial charge in [0.15, 0.2) is 0 Å². The number of β-amino-alcohol motifs (C(OH)–C–C–N with tert-alkyl or cyclic N) is 1. The highest BCUT2D eigenvalue weighted by molar-refractivity contribution is 5.15. The van der Waals surface area contributed by atoms with E-state index in [0.717, 1.165) is 44.7 Å². The fourth-order valence-corrected chi connectivity index (χ4v) is 3.19. The Labute approximate surface area is 142 Å². The molecule has 0 unspecified atom stereocenters. The highest BCUT2D eigenvalue weighted by Gasteiger charge is 2.18. The molecule has 24 heavy (non-hydrogen) atoms. The molecule has 3 rings (SSSR count). The van der Waals surface area contributed by atoms with Crippen LogP contribution in [0.1, 0.15) is 12.0 Å². The quantitative estimate of drug-likeness (QED) is 0.873. The first kappa shape index (κ1) is 17.1. The molecular weight excluding hydrogens is 307 g/mol. The Bertz CT molecular complexity index is 602. The van der Waals surface area contributed by atoms with Crippen LogP contribution in [0.25, 0.3) is 0 Å². The van der Waals surface area contributed by atoms with Gasteiger partial charge in [0.2, 0.25) is 0 Å². The lowest BCUT2D eigenvalue weighted by molar-refractivity contribution is 0.0962. The fraction of sp³-hybridized carbons (Fsp3) is 0.500. The second kappa shape index (κ2) is 8.37. The smallest absolute Gasteiger partial charge is 0.123 e. The van der Waals surface area contributed by atoms with E-state index in [9.17, 15) is 9.50 Å². The molecular formula is C18H25FN4O. The van der Waals surface area contributed by atoms with Gasteiger partial charge in [-0.1, -0.05) is 12.1 Å². The minimum absolute atomic E-state index is 0.188. The normalized spacial score (nSPS) is 18.4. The van der Waals surface area contributed by atoms with Gasteiger partial charge in [-0.2, -0.15) is 5.10 Å². The number of rotatable bonds is 6. The van der Waals surface area contributed by atoms with Gasteiger partial charge in [-0.25, -0.2) is 4.39 Å². The lowest BCUT2D eigenvalue weighted by Crippen LogP contribution is -2.37. The molecule has 1 N–H and O–H groups in total. The van der Waals surface area contributed by atoms with E-state index < -0.39 is 6.10 Å². The first-order valence-electron chi connectivity index (χ1n) is 8.54. The summed E-state index contributed by atoms with van der Waals surface area (Å²) in [5.41, 5.74) is 1.14. The van der Waals surface area contributed by atoms with Gasteiger partial charge in [0.05, 0.1) is 12.6 Å². The van der Waals surface area contributed by atoms with Gasteiger partial charge in [-0.3, -0.25) is 14.5 Å². The molecule has 6 heteroatoms. The monoisotopic (exact) mass is 332 g/mol. The lowest BCUT2D eigenvalue weighted by Gasteiger charge is -2.24. The Balaban J connectivity index is 1.45. The zero-order chi connectivity index (χ0) is 16.8. The number of aliphatic hydroxyl groups excluding tert-OH is 1. The molecule has 1 aliphatic heterocycles. The summed E-state index contributed by atoms with van der Waals surface area (Å²) in [6.45, 7) is 5.99. The van der Waals surface area contributed by atoms with Gasteiger partial charge in [0.25, 0.3) is 0 Å². The van der Waals surface area contributed by atoms with Crippen molar-refractivity contribution in [2.24, 2.45) is 0 Å². The first-order valence-corrected chi connectivity index (χ1v) is 8.54. The Morgan fingerprint density at radius 1 is 1.04 bits per heavy atom. The van der Waals surface area contributed by atoms with E-state index in [1.54, 1.807) is 10.9 Å². The van der Waals surface area contributed by atoms with Crippen LogP contribution in [-0.4, -0.2) is 63.5 Å². The van der Waals surface area contributed by atoms with Crippen molar-refractivity contribution in [3.8, 4) is 0 Å². The average Bonchev–Trinajstić information content (AvgIpc) is 2.97. The molecule has 0 bridgehead atoms. The third kappa shape index (κ3) is 5.12. The van der Waals surface area contributed by atoms with Crippen molar-refractivity contribution in [2.45, 2.75) is 25.6 Å². The van der Waals surface area contributed by atoms with Gasteiger partial charge < -0.3 is 5.11 Å². The number of aromatic nitrogens is 2. The summed E-state index contributed by atoms with van der Waals surface area (Å²) in [5.74, 6) is -0.188. The first-order chi connectivity index (χ1) is 11.7. The van der Waals surface area contributed by atoms with Crippen molar-refractivity contribution in [2.75, 3.05) is 32.7 Å². The van der Waals surface area contributed by atoms with Crippen LogP contribution in [0.2, 0.25) is 0 Å². The number of aliphatic hydroxyl groups is 1. The van der Waals surface area contributed by atoms with E-state index >= 15 is 0 Å². The van der Waals surface area contributed by atoms with E-state index in [1.165, 1.54) is 12.1 Å². The summed E-state index contributed by atoms with van der Waals surface area (Å²) >= 11 is 0. The highest BCUT2D eigenvalue weighted by atomic mass is 19.1. The molecule has 130 valence electrons. The van der Waals surface area contributed by atoms with Crippen LogP contribution in [0, 0.1) is 5.82 Å². The van der Waals surface area contributed by atoms with Crippen LogP contribution in [0.15, 0.2) is 42.7 Å². The molecule has 1 aromatic carbocycles. The van der Waals surface area contributed by atoms with Crippen LogP contribution in [0.5, 0.6) is 0 Å². The second-order valence-electron chi connectivity index (χ2n) is 6.44. The van der Waals surface area contributed by atoms with Crippen molar-refractivity contribution in [1.29, 1.82) is 0 Å². The molecule has 2 aromatic rings. The largest absolute Gasteiger partial charge is 0.390 e. The van der Waals surface area contributed by atoms with Gasteiger partial charge in [-0.15, -0.1) is 0 Å². The van der Waals surface area contributed by atoms with Gasteiger partial charge in [0.1, 0.15) is 5.82 Å². The maximum atomic E-state index is 13.0. The van der Waals surface area contributed by atoms with Gasteiger partial charge in [0, 0.05) is 38.6 Å². The molecule has 1 atom stereocenters. The van der Waals surface area contributed by atoms with Crippen LogP contribution in [0.4, 0.5) is 4.39 Å². The third-order valence-corrected chi connectivity index (χ3v) is 4.43. The summed E-state index contributed by atoms with van der Waals surface area (Å²) < 4.78 is 14.8. The standard InChI is InChI=1S/C18H25FN4O/c19-17-5-3-16(4-6-17)13-21-8-2-9-22(12-11-21)14-18(24)15-23-10-1-7-20-23/h1,3-7,10,18,24H,2,8-9,11-15H2/t18-/m1/s1. The number of benzene rings is 1. The van der Waals surface area contributed by atoms with Crippen LogP contribution in [-0.2, 0) is 13.1 Å². The molecule has 0 amide bonds. The van der Waals surface area contributed by atoms with E-state index in [0.29, 0.717) is 13.1 Å². The van der Waals surface area contributed by atoms with Crippen molar-refractivity contribution in [1.82, 2.24) is 19.6 Å². The minimum Gasteiger partial charge on any atom is -0.390 e. The van der Waals surface area contributed by atoms with Gasteiger partial charge in [-0.05, 0) is 43.3 Å². The van der Waals surface area contributed by atoms with E-state index in [4.69, 9.17) is 0 Å². The number of halogens is 1. The van der Waals surface area contributed by atoms with E-state index in [1.807, 2.05) is 24.4 Å². The number of hydrogen-bond acceptors (Lipinski definition) is 4. The molecule has 0 radical (unpaired) electrons. The summed E-state index contributed by atoms with van der Waals surface area (Å²) in [7, 11) is 0. The number of hydrogen-bond donors (Lipinski definition) is 1. The lowest BCUT2D eigenvalue weighted by atomic mass is 10.2. The average molecular weight is 332 g/mol. The van der Waals surface area contributed by atoms with Crippen LogP contribution < -0.4 is 0 Å². The summed E-state index contributed by atoms with van der Waals surface area (Å²) in [4.78, 5) is 4.71. The molecule has 0 spiro atoms. The van der Waals surface area contributed by atoms with Crippen molar-refractivity contribution in [3.05, 3.63) is 54.1 Å². The summed E-state index contributed by atoms with van der Waals surface area (Å²) in [5, 5.41) is 14.4. The Morgan fingerprint density at radius 2 is 1.79 bits per heavy atom. The topological polar surface area (TPSA) is 44.5 Å². The maximum absolute atomic E-state index is 13.0. The Hall–Kier alpha value is -1.76. The fourth-order valence-electron chi connectivity index (χ4n) is 3.19. The molecule has 1 aromatic heterocycles. The van der Waals surface area contributed by atoms with Crippen LogP contribution in [0.3, 0.4) is 0 Å². The van der Waals surface area contributed by atoms with Crippen molar-refractivity contribution in [3.63, 3.8) is 0 Å². The highest BCUT2D eigenvalue weighted by Crippen LogP contribution is 2.10. The maximum Gasteiger partial charge on any atom is 0.123 e. The number of nitrogens with zero attached hydrogens (tertiary/aromatic N) is 4. The Kier molecular flexibility index (Phi) is 5.96. The molecule has 1 saturated heterocycles. The molecule has 0 saturated carbocycles. The van der Waals surface area contributed by atoms with Gasteiger partial charge >= 0.3 is 0 Å².